The standard InChI is InChI=1S/C13H17N5OS/c1-9-10-3-7-20-12(10)2-5-18(9)13(19)11-8-17(6-4-14)16-15-11/h3,7-9H,2,4-6,14H2,1H3. The van der Waals surface area contributed by atoms with Crippen LogP contribution in [0.15, 0.2) is 17.6 Å². The van der Waals surface area contributed by atoms with Gasteiger partial charge >= 0.3 is 0 Å². The van der Waals surface area contributed by atoms with Gasteiger partial charge in [0, 0.05) is 18.0 Å². The third-order valence-electron chi connectivity index (χ3n) is 3.65. The summed E-state index contributed by atoms with van der Waals surface area (Å²) in [6.45, 7) is 3.85. The smallest absolute Gasteiger partial charge is 0.276 e. The predicted molar refractivity (Wildman–Crippen MR) is 76.6 cm³/mol. The molecule has 0 fully saturated rings. The molecule has 2 N–H and O–H groups in total. The van der Waals surface area contributed by atoms with Gasteiger partial charge in [-0.05, 0) is 30.4 Å². The highest BCUT2D eigenvalue weighted by atomic mass is 32.1. The number of rotatable bonds is 3. The molecule has 20 heavy (non-hydrogen) atoms. The minimum absolute atomic E-state index is 0.0578. The Morgan fingerprint density at radius 3 is 3.25 bits per heavy atom. The lowest BCUT2D eigenvalue weighted by Gasteiger charge is -2.33. The first-order valence-corrected chi connectivity index (χ1v) is 7.56. The van der Waals surface area contributed by atoms with E-state index < -0.39 is 0 Å². The Bertz CT molecular complexity index is 620. The molecule has 1 unspecified atom stereocenters. The minimum atomic E-state index is -0.0578. The highest BCUT2D eigenvalue weighted by molar-refractivity contribution is 7.10. The molecule has 0 spiro atoms. The van der Waals surface area contributed by atoms with E-state index >= 15 is 0 Å². The largest absolute Gasteiger partial charge is 0.330 e. The molecular weight excluding hydrogens is 274 g/mol. The van der Waals surface area contributed by atoms with Crippen molar-refractivity contribution in [2.24, 2.45) is 5.73 Å². The van der Waals surface area contributed by atoms with E-state index in [1.807, 2.05) is 4.90 Å². The molecule has 1 atom stereocenters. The number of amides is 1. The number of carbonyl (C=O) groups is 1. The highest BCUT2D eigenvalue weighted by Gasteiger charge is 2.30. The molecule has 0 radical (unpaired) electrons. The second kappa shape index (κ2) is 5.34. The third kappa shape index (κ3) is 2.23. The van der Waals surface area contributed by atoms with Gasteiger partial charge in [-0.1, -0.05) is 5.21 Å². The molecular formula is C13H17N5OS. The van der Waals surface area contributed by atoms with Gasteiger partial charge in [-0.25, -0.2) is 0 Å². The Kier molecular flexibility index (Phi) is 3.54. The molecule has 0 saturated heterocycles. The molecule has 6 nitrogen and oxygen atoms in total. The summed E-state index contributed by atoms with van der Waals surface area (Å²) in [4.78, 5) is 15.8. The normalized spacial score (nSPS) is 18.1. The summed E-state index contributed by atoms with van der Waals surface area (Å²) in [5.41, 5.74) is 7.12. The number of nitrogens with two attached hydrogens (primary N) is 1. The maximum absolute atomic E-state index is 12.5. The zero-order valence-corrected chi connectivity index (χ0v) is 12.1. The van der Waals surface area contributed by atoms with Crippen molar-refractivity contribution in [2.75, 3.05) is 13.1 Å². The summed E-state index contributed by atoms with van der Waals surface area (Å²) in [5, 5.41) is 9.97. The number of nitrogens with zero attached hydrogens (tertiary/aromatic N) is 4. The van der Waals surface area contributed by atoms with Gasteiger partial charge in [-0.3, -0.25) is 9.48 Å². The minimum Gasteiger partial charge on any atom is -0.330 e. The molecule has 1 amide bonds. The lowest BCUT2D eigenvalue weighted by Crippen LogP contribution is -2.38. The predicted octanol–water partition coefficient (Wildman–Crippen LogP) is 1.06. The van der Waals surface area contributed by atoms with Crippen molar-refractivity contribution in [3.63, 3.8) is 0 Å². The van der Waals surface area contributed by atoms with Crippen molar-refractivity contribution in [2.45, 2.75) is 25.9 Å². The molecule has 1 aliphatic heterocycles. The van der Waals surface area contributed by atoms with Gasteiger partial charge in [0.15, 0.2) is 5.69 Å². The summed E-state index contributed by atoms with van der Waals surface area (Å²) < 4.78 is 1.61. The first-order valence-electron chi connectivity index (χ1n) is 6.68. The van der Waals surface area contributed by atoms with Crippen molar-refractivity contribution in [3.05, 3.63) is 33.8 Å². The molecule has 0 bridgehead atoms. The maximum Gasteiger partial charge on any atom is 0.276 e. The monoisotopic (exact) mass is 291 g/mol. The van der Waals surface area contributed by atoms with E-state index in [0.29, 0.717) is 18.8 Å². The molecule has 0 aliphatic carbocycles. The summed E-state index contributed by atoms with van der Waals surface area (Å²) in [5.74, 6) is -0.0578. The van der Waals surface area contributed by atoms with Gasteiger partial charge in [-0.2, -0.15) is 0 Å². The van der Waals surface area contributed by atoms with E-state index in [9.17, 15) is 4.79 Å². The first-order chi connectivity index (χ1) is 9.70. The van der Waals surface area contributed by atoms with Crippen LogP contribution in [-0.4, -0.2) is 38.9 Å². The van der Waals surface area contributed by atoms with E-state index in [1.54, 1.807) is 22.2 Å². The van der Waals surface area contributed by atoms with E-state index in [0.717, 1.165) is 13.0 Å². The van der Waals surface area contributed by atoms with E-state index in [-0.39, 0.29) is 11.9 Å². The van der Waals surface area contributed by atoms with E-state index in [1.165, 1.54) is 10.4 Å². The van der Waals surface area contributed by atoms with Gasteiger partial charge in [0.1, 0.15) is 0 Å². The van der Waals surface area contributed by atoms with Crippen LogP contribution in [-0.2, 0) is 13.0 Å². The van der Waals surface area contributed by atoms with Crippen LogP contribution in [0, 0.1) is 0 Å². The number of thiophene rings is 1. The van der Waals surface area contributed by atoms with Gasteiger partial charge in [0.25, 0.3) is 5.91 Å². The van der Waals surface area contributed by atoms with Crippen molar-refractivity contribution in [3.8, 4) is 0 Å². The molecule has 2 aromatic heterocycles. The second-order valence-electron chi connectivity index (χ2n) is 4.88. The van der Waals surface area contributed by atoms with Crippen LogP contribution in [0.2, 0.25) is 0 Å². The van der Waals surface area contributed by atoms with Gasteiger partial charge in [0.05, 0.1) is 18.8 Å². The molecule has 7 heteroatoms. The fraction of sp³-hybridized carbons (Fsp3) is 0.462. The third-order valence-corrected chi connectivity index (χ3v) is 4.65. The molecule has 1 aliphatic rings. The first kappa shape index (κ1) is 13.3. The SMILES string of the molecule is CC1c2ccsc2CCN1C(=O)c1cn(CCN)nn1. The van der Waals surface area contributed by atoms with Crippen LogP contribution in [0.3, 0.4) is 0 Å². The lowest BCUT2D eigenvalue weighted by atomic mass is 10.0. The van der Waals surface area contributed by atoms with Gasteiger partial charge in [-0.15, -0.1) is 16.4 Å². The number of hydrogen-bond acceptors (Lipinski definition) is 5. The number of carbonyl (C=O) groups excluding carboxylic acids is 1. The topological polar surface area (TPSA) is 77.0 Å². The number of fused-ring (bicyclic) bond motifs is 1. The Hall–Kier alpha value is -1.73. The lowest BCUT2D eigenvalue weighted by molar-refractivity contribution is 0.0673. The van der Waals surface area contributed by atoms with Crippen molar-refractivity contribution in [1.29, 1.82) is 0 Å². The second-order valence-corrected chi connectivity index (χ2v) is 5.88. The van der Waals surface area contributed by atoms with Crippen LogP contribution in [0.25, 0.3) is 0 Å². The van der Waals surface area contributed by atoms with E-state index in [4.69, 9.17) is 5.73 Å². The van der Waals surface area contributed by atoms with Crippen molar-refractivity contribution in [1.82, 2.24) is 19.9 Å². The average molecular weight is 291 g/mol. The molecule has 3 rings (SSSR count). The van der Waals surface area contributed by atoms with E-state index in [2.05, 4.69) is 28.7 Å². The van der Waals surface area contributed by atoms with Crippen LogP contribution in [0.4, 0.5) is 0 Å². The molecule has 0 saturated carbocycles. The molecule has 3 heterocycles. The zero-order chi connectivity index (χ0) is 14.1. The van der Waals surface area contributed by atoms with Crippen molar-refractivity contribution < 1.29 is 4.79 Å². The Balaban J connectivity index is 1.80. The van der Waals surface area contributed by atoms with Crippen LogP contribution >= 0.6 is 11.3 Å². The van der Waals surface area contributed by atoms with Crippen LogP contribution in [0.1, 0.15) is 33.9 Å². The summed E-state index contributed by atoms with van der Waals surface area (Å²) >= 11 is 1.77. The average Bonchev–Trinajstić information content (AvgIpc) is 3.08. The molecule has 2 aromatic rings. The number of hydrogen-bond donors (Lipinski definition) is 1. The van der Waals surface area contributed by atoms with Gasteiger partial charge < -0.3 is 10.6 Å². The van der Waals surface area contributed by atoms with Gasteiger partial charge in [0.2, 0.25) is 0 Å². The fourth-order valence-corrected chi connectivity index (χ4v) is 3.53. The van der Waals surface area contributed by atoms with Crippen LogP contribution < -0.4 is 5.73 Å². The summed E-state index contributed by atoms with van der Waals surface area (Å²) in [6.07, 6.45) is 2.59. The Morgan fingerprint density at radius 2 is 2.45 bits per heavy atom. The summed E-state index contributed by atoms with van der Waals surface area (Å²) in [7, 11) is 0. The van der Waals surface area contributed by atoms with Crippen LogP contribution in [0.5, 0.6) is 0 Å². The fourth-order valence-electron chi connectivity index (χ4n) is 2.57. The molecule has 106 valence electrons. The van der Waals surface area contributed by atoms with Crippen molar-refractivity contribution >= 4 is 17.2 Å². The number of aromatic nitrogens is 3. The molecule has 0 aromatic carbocycles. The Labute approximate surface area is 121 Å². The zero-order valence-electron chi connectivity index (χ0n) is 11.3. The maximum atomic E-state index is 12.5. The quantitative estimate of drug-likeness (QED) is 0.917. The summed E-state index contributed by atoms with van der Waals surface area (Å²) in [6, 6.07) is 2.20. The highest BCUT2D eigenvalue weighted by Crippen LogP contribution is 2.33. The Morgan fingerprint density at radius 1 is 1.60 bits per heavy atom.